The molecule has 1 fully saturated rings. The van der Waals surface area contributed by atoms with Crippen molar-refractivity contribution < 1.29 is 0 Å². The van der Waals surface area contributed by atoms with Crippen molar-refractivity contribution in [2.75, 3.05) is 25.5 Å². The summed E-state index contributed by atoms with van der Waals surface area (Å²) in [6.45, 7) is 4.32. The molecule has 0 spiro atoms. The molecule has 0 atom stereocenters. The summed E-state index contributed by atoms with van der Waals surface area (Å²) < 4.78 is 0. The third-order valence-electron chi connectivity index (χ3n) is 3.10. The van der Waals surface area contributed by atoms with E-state index in [1.807, 2.05) is 0 Å². The lowest BCUT2D eigenvalue weighted by atomic mass is 10.2. The van der Waals surface area contributed by atoms with E-state index >= 15 is 0 Å². The number of hydrogen-bond acceptors (Lipinski definition) is 2. The number of nitrogens with one attached hydrogen (secondary N) is 1. The lowest BCUT2D eigenvalue weighted by Gasteiger charge is -2.16. The molecule has 82 valence electrons. The number of aryl methyl sites for hydroxylation is 1. The van der Waals surface area contributed by atoms with Crippen molar-refractivity contribution in [2.24, 2.45) is 0 Å². The summed E-state index contributed by atoms with van der Waals surface area (Å²) in [7, 11) is 2.22. The lowest BCUT2D eigenvalue weighted by molar-refractivity contribution is 0.337. The van der Waals surface area contributed by atoms with Gasteiger partial charge in [-0.2, -0.15) is 0 Å². The minimum atomic E-state index is 0.865. The fourth-order valence-corrected chi connectivity index (χ4v) is 1.84. The molecule has 1 aromatic rings. The maximum absolute atomic E-state index is 3.48. The number of likely N-dealkylation sites (N-methyl/N-ethyl adjacent to an activating group) is 1. The van der Waals surface area contributed by atoms with Gasteiger partial charge >= 0.3 is 0 Å². The van der Waals surface area contributed by atoms with Crippen LogP contribution in [0, 0.1) is 6.92 Å². The molecule has 0 saturated heterocycles. The molecule has 15 heavy (non-hydrogen) atoms. The van der Waals surface area contributed by atoms with Crippen molar-refractivity contribution in [3.8, 4) is 0 Å². The number of benzene rings is 1. The average Bonchev–Trinajstić information content (AvgIpc) is 3.04. The molecule has 1 aromatic carbocycles. The Hall–Kier alpha value is -1.02. The van der Waals surface area contributed by atoms with Gasteiger partial charge in [0.15, 0.2) is 0 Å². The number of rotatable bonds is 5. The molecule has 0 aliphatic heterocycles. The van der Waals surface area contributed by atoms with Gasteiger partial charge in [0.1, 0.15) is 0 Å². The average molecular weight is 204 g/mol. The molecule has 1 N–H and O–H groups in total. The largest absolute Gasteiger partial charge is 0.384 e. The fourth-order valence-electron chi connectivity index (χ4n) is 1.84. The van der Waals surface area contributed by atoms with E-state index in [1.165, 1.54) is 24.1 Å². The van der Waals surface area contributed by atoms with Gasteiger partial charge in [0.25, 0.3) is 0 Å². The highest BCUT2D eigenvalue weighted by Gasteiger charge is 2.25. The lowest BCUT2D eigenvalue weighted by Crippen LogP contribution is -2.27. The third kappa shape index (κ3) is 2.96. The zero-order valence-electron chi connectivity index (χ0n) is 9.66. The van der Waals surface area contributed by atoms with Crippen LogP contribution in [0.4, 0.5) is 5.69 Å². The van der Waals surface area contributed by atoms with Gasteiger partial charge in [0.05, 0.1) is 0 Å². The number of hydrogen-bond donors (Lipinski definition) is 1. The second-order valence-corrected chi connectivity index (χ2v) is 4.45. The van der Waals surface area contributed by atoms with Crippen LogP contribution in [0.5, 0.6) is 0 Å². The summed E-state index contributed by atoms with van der Waals surface area (Å²) in [5, 5.41) is 3.48. The highest BCUT2D eigenvalue weighted by molar-refractivity contribution is 5.50. The molecular weight excluding hydrogens is 184 g/mol. The molecule has 2 heteroatoms. The molecule has 2 rings (SSSR count). The quantitative estimate of drug-likeness (QED) is 0.792. The Morgan fingerprint density at radius 1 is 1.33 bits per heavy atom. The highest BCUT2D eigenvalue weighted by Crippen LogP contribution is 2.24. The van der Waals surface area contributed by atoms with Crippen LogP contribution in [0.3, 0.4) is 0 Å². The Morgan fingerprint density at radius 2 is 2.07 bits per heavy atom. The standard InChI is InChI=1S/C13H20N2/c1-11-5-3-4-6-13(11)14-9-10-15(2)12-7-8-12/h3-6,12,14H,7-10H2,1-2H3. The van der Waals surface area contributed by atoms with Gasteiger partial charge in [0.2, 0.25) is 0 Å². The van der Waals surface area contributed by atoms with Crippen molar-refractivity contribution in [3.63, 3.8) is 0 Å². The van der Waals surface area contributed by atoms with Crippen molar-refractivity contribution in [3.05, 3.63) is 29.8 Å². The Bertz CT molecular complexity index is 318. The third-order valence-corrected chi connectivity index (χ3v) is 3.10. The second kappa shape index (κ2) is 4.67. The van der Waals surface area contributed by atoms with Crippen LogP contribution in [0.15, 0.2) is 24.3 Å². The van der Waals surface area contributed by atoms with Gasteiger partial charge in [-0.15, -0.1) is 0 Å². The number of anilines is 1. The van der Waals surface area contributed by atoms with Crippen LogP contribution in [0.2, 0.25) is 0 Å². The normalized spacial score (nSPS) is 15.7. The van der Waals surface area contributed by atoms with Gasteiger partial charge < -0.3 is 10.2 Å². The van der Waals surface area contributed by atoms with E-state index in [9.17, 15) is 0 Å². The first-order valence-corrected chi connectivity index (χ1v) is 5.77. The molecule has 0 heterocycles. The molecule has 1 aliphatic carbocycles. The topological polar surface area (TPSA) is 15.3 Å². The molecule has 0 radical (unpaired) electrons. The Morgan fingerprint density at radius 3 is 2.73 bits per heavy atom. The maximum Gasteiger partial charge on any atom is 0.0370 e. The first-order chi connectivity index (χ1) is 7.27. The predicted octanol–water partition coefficient (Wildman–Crippen LogP) is 2.50. The van der Waals surface area contributed by atoms with Gasteiger partial charge in [-0.3, -0.25) is 0 Å². The Balaban J connectivity index is 1.75. The first kappa shape index (κ1) is 10.5. The van der Waals surface area contributed by atoms with Crippen molar-refractivity contribution in [1.29, 1.82) is 0 Å². The minimum Gasteiger partial charge on any atom is -0.384 e. The summed E-state index contributed by atoms with van der Waals surface area (Å²) in [6, 6.07) is 9.32. The zero-order valence-corrected chi connectivity index (χ0v) is 9.66. The molecular formula is C13H20N2. The van der Waals surface area contributed by atoms with Crippen LogP contribution in [0.25, 0.3) is 0 Å². The number of nitrogens with zero attached hydrogens (tertiary/aromatic N) is 1. The van der Waals surface area contributed by atoms with Gasteiger partial charge in [-0.05, 0) is 38.4 Å². The molecule has 1 aliphatic rings. The van der Waals surface area contributed by atoms with E-state index in [2.05, 4.69) is 48.5 Å². The minimum absolute atomic E-state index is 0.865. The number of para-hydroxylation sites is 1. The van der Waals surface area contributed by atoms with E-state index in [-0.39, 0.29) is 0 Å². The predicted molar refractivity (Wildman–Crippen MR) is 65.3 cm³/mol. The smallest absolute Gasteiger partial charge is 0.0370 e. The van der Waals surface area contributed by atoms with E-state index in [1.54, 1.807) is 0 Å². The maximum atomic E-state index is 3.48. The monoisotopic (exact) mass is 204 g/mol. The van der Waals surface area contributed by atoms with Gasteiger partial charge in [-0.1, -0.05) is 18.2 Å². The van der Waals surface area contributed by atoms with Crippen molar-refractivity contribution in [1.82, 2.24) is 4.90 Å². The highest BCUT2D eigenvalue weighted by atomic mass is 15.2. The van der Waals surface area contributed by atoms with Crippen LogP contribution >= 0.6 is 0 Å². The summed E-state index contributed by atoms with van der Waals surface area (Å²) in [5.41, 5.74) is 2.59. The summed E-state index contributed by atoms with van der Waals surface area (Å²) in [6.07, 6.45) is 2.78. The molecule has 0 amide bonds. The Labute approximate surface area is 92.3 Å². The van der Waals surface area contributed by atoms with Gasteiger partial charge in [-0.25, -0.2) is 0 Å². The van der Waals surface area contributed by atoms with Crippen LogP contribution in [-0.4, -0.2) is 31.1 Å². The summed E-state index contributed by atoms with van der Waals surface area (Å²) in [5.74, 6) is 0. The molecule has 0 unspecified atom stereocenters. The van der Waals surface area contributed by atoms with E-state index in [0.29, 0.717) is 0 Å². The first-order valence-electron chi connectivity index (χ1n) is 5.77. The zero-order chi connectivity index (χ0) is 10.7. The SMILES string of the molecule is Cc1ccccc1NCCN(C)C1CC1. The summed E-state index contributed by atoms with van der Waals surface area (Å²) >= 11 is 0. The van der Waals surface area contributed by atoms with Crippen LogP contribution in [0.1, 0.15) is 18.4 Å². The summed E-state index contributed by atoms with van der Waals surface area (Å²) in [4.78, 5) is 2.45. The molecule has 1 saturated carbocycles. The van der Waals surface area contributed by atoms with E-state index in [0.717, 1.165) is 19.1 Å². The van der Waals surface area contributed by atoms with Crippen LogP contribution in [-0.2, 0) is 0 Å². The van der Waals surface area contributed by atoms with Crippen LogP contribution < -0.4 is 5.32 Å². The second-order valence-electron chi connectivity index (χ2n) is 4.45. The Kier molecular flexibility index (Phi) is 3.27. The fraction of sp³-hybridized carbons (Fsp3) is 0.538. The molecule has 0 bridgehead atoms. The van der Waals surface area contributed by atoms with E-state index in [4.69, 9.17) is 0 Å². The van der Waals surface area contributed by atoms with Gasteiger partial charge in [0, 0.05) is 24.8 Å². The molecule has 2 nitrogen and oxygen atoms in total. The van der Waals surface area contributed by atoms with E-state index < -0.39 is 0 Å². The molecule has 0 aromatic heterocycles. The van der Waals surface area contributed by atoms with Crippen molar-refractivity contribution >= 4 is 5.69 Å². The van der Waals surface area contributed by atoms with Crippen molar-refractivity contribution in [2.45, 2.75) is 25.8 Å².